The van der Waals surface area contributed by atoms with Crippen LogP contribution in [0, 0.1) is 17.0 Å². The van der Waals surface area contributed by atoms with Crippen molar-refractivity contribution in [3.63, 3.8) is 0 Å². The third-order valence-corrected chi connectivity index (χ3v) is 2.21. The Kier molecular flexibility index (Phi) is 4.78. The van der Waals surface area contributed by atoms with Gasteiger partial charge in [-0.25, -0.2) is 4.98 Å². The van der Waals surface area contributed by atoms with E-state index in [9.17, 15) is 10.1 Å². The van der Waals surface area contributed by atoms with Gasteiger partial charge in [-0.05, 0) is 27.4 Å². The first-order valence-corrected chi connectivity index (χ1v) is 5.48. The first kappa shape index (κ1) is 14.1. The van der Waals surface area contributed by atoms with Gasteiger partial charge in [0.2, 0.25) is 5.95 Å². The molecule has 1 aromatic heterocycles. The minimum absolute atomic E-state index is 0.0271. The van der Waals surface area contributed by atoms with Crippen molar-refractivity contribution in [1.29, 1.82) is 0 Å². The lowest BCUT2D eigenvalue weighted by Gasteiger charge is -2.10. The lowest BCUT2D eigenvalue weighted by atomic mass is 10.3. The Morgan fingerprint density at radius 1 is 1.44 bits per heavy atom. The van der Waals surface area contributed by atoms with E-state index < -0.39 is 4.92 Å². The Morgan fingerprint density at radius 3 is 2.67 bits per heavy atom. The van der Waals surface area contributed by atoms with E-state index in [-0.39, 0.29) is 23.2 Å². The molecule has 0 aliphatic rings. The molecule has 0 saturated carbocycles. The predicted molar refractivity (Wildman–Crippen MR) is 66.5 cm³/mol. The Bertz CT molecular complexity index is 436. The average Bonchev–Trinajstić information content (AvgIpc) is 2.22. The van der Waals surface area contributed by atoms with Gasteiger partial charge in [0, 0.05) is 6.54 Å². The number of nitrogens with two attached hydrogens (primary N) is 1. The highest BCUT2D eigenvalue weighted by molar-refractivity contribution is 5.47. The minimum Gasteiger partial charge on any atom is -0.473 e. The topological polar surface area (TPSA) is 107 Å². The van der Waals surface area contributed by atoms with Gasteiger partial charge in [0.15, 0.2) is 0 Å². The van der Waals surface area contributed by atoms with E-state index in [4.69, 9.17) is 10.5 Å². The zero-order valence-electron chi connectivity index (χ0n) is 10.7. The summed E-state index contributed by atoms with van der Waals surface area (Å²) in [7, 11) is 3.88. The number of nitro groups is 1. The van der Waals surface area contributed by atoms with Crippen LogP contribution >= 0.6 is 0 Å². The molecule has 0 spiro atoms. The second-order valence-electron chi connectivity index (χ2n) is 4.08. The molecule has 0 amide bonds. The van der Waals surface area contributed by atoms with Crippen molar-refractivity contribution < 1.29 is 9.66 Å². The molecule has 2 N–H and O–H groups in total. The van der Waals surface area contributed by atoms with Crippen LogP contribution < -0.4 is 10.5 Å². The van der Waals surface area contributed by atoms with Gasteiger partial charge >= 0.3 is 5.69 Å². The lowest BCUT2D eigenvalue weighted by molar-refractivity contribution is -0.387. The molecule has 1 rings (SSSR count). The molecular formula is C10H17N5O3. The summed E-state index contributed by atoms with van der Waals surface area (Å²) in [6.07, 6.45) is 0.743. The summed E-state index contributed by atoms with van der Waals surface area (Å²) in [6.45, 7) is 2.67. The number of anilines is 1. The number of nitrogens with zero attached hydrogens (tertiary/aromatic N) is 4. The fourth-order valence-corrected chi connectivity index (χ4v) is 1.42. The van der Waals surface area contributed by atoms with Crippen LogP contribution in [0.5, 0.6) is 5.88 Å². The second-order valence-corrected chi connectivity index (χ2v) is 4.08. The molecule has 0 aromatic carbocycles. The minimum atomic E-state index is -0.559. The molecule has 0 bridgehead atoms. The SMILES string of the molecule is Cc1nc(N)nc(OCCCN(C)C)c1[N+](=O)[O-]. The van der Waals surface area contributed by atoms with Crippen molar-refractivity contribution in [2.45, 2.75) is 13.3 Å². The van der Waals surface area contributed by atoms with Crippen LogP contribution in [0.1, 0.15) is 12.1 Å². The predicted octanol–water partition coefficient (Wildman–Crippen LogP) is 0.606. The first-order chi connectivity index (χ1) is 8.41. The van der Waals surface area contributed by atoms with E-state index in [1.54, 1.807) is 0 Å². The maximum Gasteiger partial charge on any atom is 0.352 e. The van der Waals surface area contributed by atoms with Crippen LogP contribution in [0.15, 0.2) is 0 Å². The summed E-state index contributed by atoms with van der Waals surface area (Å²) in [5, 5.41) is 10.9. The van der Waals surface area contributed by atoms with E-state index in [1.807, 2.05) is 19.0 Å². The van der Waals surface area contributed by atoms with Crippen molar-refractivity contribution in [2.75, 3.05) is 33.0 Å². The molecule has 0 aliphatic carbocycles. The van der Waals surface area contributed by atoms with E-state index in [1.165, 1.54) is 6.92 Å². The maximum absolute atomic E-state index is 10.9. The molecule has 0 fully saturated rings. The van der Waals surface area contributed by atoms with Crippen LogP contribution in [-0.4, -0.2) is 47.0 Å². The van der Waals surface area contributed by atoms with Gasteiger partial charge < -0.3 is 15.4 Å². The first-order valence-electron chi connectivity index (χ1n) is 5.48. The van der Waals surface area contributed by atoms with Crippen LogP contribution in [0.4, 0.5) is 11.6 Å². The van der Waals surface area contributed by atoms with Crippen LogP contribution in [-0.2, 0) is 0 Å². The Labute approximate surface area is 105 Å². The summed E-state index contributed by atoms with van der Waals surface area (Å²) >= 11 is 0. The van der Waals surface area contributed by atoms with E-state index in [0.29, 0.717) is 6.61 Å². The molecule has 18 heavy (non-hydrogen) atoms. The smallest absolute Gasteiger partial charge is 0.352 e. The highest BCUT2D eigenvalue weighted by atomic mass is 16.6. The lowest BCUT2D eigenvalue weighted by Crippen LogP contribution is -2.16. The van der Waals surface area contributed by atoms with Crippen LogP contribution in [0.2, 0.25) is 0 Å². The third kappa shape index (κ3) is 3.81. The number of hydrogen-bond acceptors (Lipinski definition) is 7. The number of aryl methyl sites for hydroxylation is 1. The number of ether oxygens (including phenoxy) is 1. The van der Waals surface area contributed by atoms with Crippen molar-refractivity contribution in [2.24, 2.45) is 0 Å². The molecule has 1 heterocycles. The molecule has 100 valence electrons. The molecule has 8 nitrogen and oxygen atoms in total. The van der Waals surface area contributed by atoms with E-state index in [0.717, 1.165) is 13.0 Å². The molecule has 0 radical (unpaired) electrons. The van der Waals surface area contributed by atoms with Crippen LogP contribution in [0.3, 0.4) is 0 Å². The van der Waals surface area contributed by atoms with Gasteiger partial charge in [-0.15, -0.1) is 0 Å². The van der Waals surface area contributed by atoms with Gasteiger partial charge in [0.1, 0.15) is 5.69 Å². The number of hydrogen-bond donors (Lipinski definition) is 1. The van der Waals surface area contributed by atoms with E-state index >= 15 is 0 Å². The molecule has 0 unspecified atom stereocenters. The molecule has 8 heteroatoms. The highest BCUT2D eigenvalue weighted by Crippen LogP contribution is 2.27. The van der Waals surface area contributed by atoms with Crippen molar-refractivity contribution in [3.8, 4) is 5.88 Å². The fraction of sp³-hybridized carbons (Fsp3) is 0.600. The number of aromatic nitrogens is 2. The largest absolute Gasteiger partial charge is 0.473 e. The van der Waals surface area contributed by atoms with Crippen molar-refractivity contribution >= 4 is 11.6 Å². The van der Waals surface area contributed by atoms with E-state index in [2.05, 4.69) is 9.97 Å². The molecular weight excluding hydrogens is 238 g/mol. The van der Waals surface area contributed by atoms with Gasteiger partial charge in [0.25, 0.3) is 5.88 Å². The Hall–Kier alpha value is -1.96. The van der Waals surface area contributed by atoms with Crippen molar-refractivity contribution in [3.05, 3.63) is 15.8 Å². The summed E-state index contributed by atoms with van der Waals surface area (Å²) in [5.74, 6) is -0.0931. The van der Waals surface area contributed by atoms with Crippen molar-refractivity contribution in [1.82, 2.24) is 14.9 Å². The van der Waals surface area contributed by atoms with Gasteiger partial charge in [-0.3, -0.25) is 10.1 Å². The normalized spacial score (nSPS) is 10.7. The summed E-state index contributed by atoms with van der Waals surface area (Å²) in [4.78, 5) is 19.8. The van der Waals surface area contributed by atoms with Crippen LogP contribution in [0.25, 0.3) is 0 Å². The Balaban J connectivity index is 2.77. The zero-order chi connectivity index (χ0) is 13.7. The van der Waals surface area contributed by atoms with Gasteiger partial charge in [-0.1, -0.05) is 0 Å². The zero-order valence-corrected chi connectivity index (χ0v) is 10.7. The monoisotopic (exact) mass is 255 g/mol. The molecule has 0 atom stereocenters. The standard InChI is InChI=1S/C10H17N5O3/c1-7-8(15(16)17)9(13-10(11)12-7)18-6-4-5-14(2)3/h4-6H2,1-3H3,(H2,11,12,13). The molecule has 1 aromatic rings. The second kappa shape index (κ2) is 6.10. The summed E-state index contributed by atoms with van der Waals surface area (Å²) in [5.41, 5.74) is 5.42. The molecule has 0 aliphatic heterocycles. The number of nitrogen functional groups attached to an aromatic ring is 1. The number of rotatable bonds is 6. The Morgan fingerprint density at radius 2 is 2.11 bits per heavy atom. The maximum atomic E-state index is 10.9. The average molecular weight is 255 g/mol. The van der Waals surface area contributed by atoms with Gasteiger partial charge in [-0.2, -0.15) is 4.98 Å². The quantitative estimate of drug-likeness (QED) is 0.450. The summed E-state index contributed by atoms with van der Waals surface area (Å²) in [6, 6.07) is 0. The summed E-state index contributed by atoms with van der Waals surface area (Å²) < 4.78 is 5.31. The fourth-order valence-electron chi connectivity index (χ4n) is 1.42. The molecule has 0 saturated heterocycles. The highest BCUT2D eigenvalue weighted by Gasteiger charge is 2.22. The third-order valence-electron chi connectivity index (χ3n) is 2.21. The van der Waals surface area contributed by atoms with Gasteiger partial charge in [0.05, 0.1) is 11.5 Å².